The number of halogens is 1. The molecule has 4 rings (SSSR count). The minimum absolute atomic E-state index is 0.314. The second-order valence-corrected chi connectivity index (χ2v) is 5.42. The maximum atomic E-state index is 9.48. The first-order valence-corrected chi connectivity index (χ1v) is 6.92. The van der Waals surface area contributed by atoms with Gasteiger partial charge in [0.15, 0.2) is 0 Å². The van der Waals surface area contributed by atoms with Gasteiger partial charge in [-0.05, 0) is 29.0 Å². The van der Waals surface area contributed by atoms with Crippen LogP contribution in [0, 0.1) is 0 Å². The highest BCUT2D eigenvalue weighted by atomic mass is 35.5. The lowest BCUT2D eigenvalue weighted by Gasteiger charge is -2.01. The summed E-state index contributed by atoms with van der Waals surface area (Å²) >= 11 is 6.28. The first-order chi connectivity index (χ1) is 10.1. The van der Waals surface area contributed by atoms with Crippen LogP contribution in [0.2, 0.25) is 5.02 Å². The molecule has 0 bridgehead atoms. The van der Waals surface area contributed by atoms with Gasteiger partial charge >= 0.3 is 7.12 Å². The summed E-state index contributed by atoms with van der Waals surface area (Å²) in [4.78, 5) is 0. The predicted octanol–water partition coefficient (Wildman–Crippen LogP) is 3.07. The van der Waals surface area contributed by atoms with Gasteiger partial charge in [0, 0.05) is 16.2 Å². The molecule has 102 valence electrons. The third-order valence-electron chi connectivity index (χ3n) is 3.74. The number of fused-ring (bicyclic) bond motifs is 4. The summed E-state index contributed by atoms with van der Waals surface area (Å²) in [5.41, 5.74) is 1.41. The maximum absolute atomic E-state index is 9.48. The fraction of sp³-hybridized carbons (Fsp3) is 0. The third kappa shape index (κ3) is 1.84. The van der Waals surface area contributed by atoms with E-state index >= 15 is 0 Å². The number of hydrogen-bond acceptors (Lipinski definition) is 3. The zero-order chi connectivity index (χ0) is 14.6. The highest BCUT2D eigenvalue weighted by Gasteiger charge is 2.21. The monoisotopic (exact) mass is 296 g/mol. The van der Waals surface area contributed by atoms with Gasteiger partial charge in [0.05, 0.1) is 5.02 Å². The van der Waals surface area contributed by atoms with Crippen molar-refractivity contribution in [2.45, 2.75) is 0 Å². The Morgan fingerprint density at radius 1 is 0.952 bits per heavy atom. The molecule has 21 heavy (non-hydrogen) atoms. The summed E-state index contributed by atoms with van der Waals surface area (Å²) in [5, 5.41) is 23.2. The quantitative estimate of drug-likeness (QED) is 0.531. The molecule has 2 N–H and O–H groups in total. The van der Waals surface area contributed by atoms with E-state index in [4.69, 9.17) is 16.0 Å². The van der Waals surface area contributed by atoms with Gasteiger partial charge in [0.25, 0.3) is 0 Å². The molecule has 0 aliphatic carbocycles. The summed E-state index contributed by atoms with van der Waals surface area (Å²) in [7, 11) is -1.60. The molecular weight excluding hydrogens is 286 g/mol. The molecule has 4 aromatic rings. The number of furan rings is 1. The molecule has 0 unspecified atom stereocenters. The van der Waals surface area contributed by atoms with E-state index in [-0.39, 0.29) is 0 Å². The average Bonchev–Trinajstić information content (AvgIpc) is 2.83. The molecule has 0 amide bonds. The second kappa shape index (κ2) is 4.50. The third-order valence-corrected chi connectivity index (χ3v) is 4.06. The van der Waals surface area contributed by atoms with E-state index < -0.39 is 7.12 Å². The van der Waals surface area contributed by atoms with Crippen molar-refractivity contribution in [3.8, 4) is 0 Å². The van der Waals surface area contributed by atoms with Crippen LogP contribution in [-0.2, 0) is 0 Å². The molecule has 1 heterocycles. The zero-order valence-electron chi connectivity index (χ0n) is 10.9. The topological polar surface area (TPSA) is 53.6 Å². The lowest BCUT2D eigenvalue weighted by atomic mass is 9.79. The molecule has 0 aliphatic heterocycles. The molecule has 0 fully saturated rings. The van der Waals surface area contributed by atoms with Crippen LogP contribution >= 0.6 is 11.6 Å². The van der Waals surface area contributed by atoms with E-state index in [1.165, 1.54) is 0 Å². The van der Waals surface area contributed by atoms with Crippen molar-refractivity contribution in [3.05, 3.63) is 53.6 Å². The minimum Gasteiger partial charge on any atom is -0.456 e. The Morgan fingerprint density at radius 3 is 2.38 bits per heavy atom. The fourth-order valence-electron chi connectivity index (χ4n) is 2.75. The Labute approximate surface area is 125 Å². The number of hydrogen-bond donors (Lipinski definition) is 2. The van der Waals surface area contributed by atoms with E-state index in [2.05, 4.69) is 0 Å². The summed E-state index contributed by atoms with van der Waals surface area (Å²) in [6.45, 7) is 0. The Kier molecular flexibility index (Phi) is 2.72. The van der Waals surface area contributed by atoms with Crippen LogP contribution < -0.4 is 5.46 Å². The summed E-state index contributed by atoms with van der Waals surface area (Å²) < 4.78 is 5.83. The largest absolute Gasteiger partial charge is 0.492 e. The van der Waals surface area contributed by atoms with E-state index in [0.29, 0.717) is 27.0 Å². The van der Waals surface area contributed by atoms with Gasteiger partial charge in [-0.15, -0.1) is 0 Å². The Hall–Kier alpha value is -2.01. The SMILES string of the molecule is OB(O)c1ccc(Cl)c2c1oc1cc3ccccc3cc12. The van der Waals surface area contributed by atoms with E-state index in [9.17, 15) is 10.0 Å². The molecule has 0 radical (unpaired) electrons. The molecule has 5 heteroatoms. The molecule has 0 atom stereocenters. The summed E-state index contributed by atoms with van der Waals surface area (Å²) in [6.07, 6.45) is 0. The summed E-state index contributed by atoms with van der Waals surface area (Å²) in [5.74, 6) is 0. The Bertz CT molecular complexity index is 991. The van der Waals surface area contributed by atoms with Crippen LogP contribution in [0.25, 0.3) is 32.7 Å². The van der Waals surface area contributed by atoms with E-state index in [1.54, 1.807) is 12.1 Å². The van der Waals surface area contributed by atoms with Crippen LogP contribution in [0.1, 0.15) is 0 Å². The minimum atomic E-state index is -1.60. The Balaban J connectivity index is 2.22. The van der Waals surface area contributed by atoms with Crippen molar-refractivity contribution in [3.63, 3.8) is 0 Å². The highest BCUT2D eigenvalue weighted by Crippen LogP contribution is 2.35. The van der Waals surface area contributed by atoms with Gasteiger partial charge in [-0.1, -0.05) is 41.9 Å². The van der Waals surface area contributed by atoms with Crippen molar-refractivity contribution >= 4 is 56.9 Å². The normalized spacial score (nSPS) is 11.6. The van der Waals surface area contributed by atoms with Crippen molar-refractivity contribution in [1.29, 1.82) is 0 Å². The van der Waals surface area contributed by atoms with Gasteiger partial charge in [-0.3, -0.25) is 0 Å². The highest BCUT2D eigenvalue weighted by molar-refractivity contribution is 6.62. The molecule has 0 aliphatic rings. The van der Waals surface area contributed by atoms with Crippen LogP contribution in [0.4, 0.5) is 0 Å². The fourth-order valence-corrected chi connectivity index (χ4v) is 3.00. The standard InChI is InChI=1S/C16H10BClO3/c18-13-6-5-12(17(19)20)16-15(13)11-7-9-3-1-2-4-10(9)8-14(11)21-16/h1-8,19-20H. The molecule has 0 saturated heterocycles. The smallest absolute Gasteiger partial charge is 0.456 e. The summed E-state index contributed by atoms with van der Waals surface area (Å²) in [6, 6.07) is 15.1. The predicted molar refractivity (Wildman–Crippen MR) is 86.1 cm³/mol. The van der Waals surface area contributed by atoms with Crippen LogP contribution in [-0.4, -0.2) is 17.2 Å². The van der Waals surface area contributed by atoms with Gasteiger partial charge in [0.1, 0.15) is 11.2 Å². The zero-order valence-corrected chi connectivity index (χ0v) is 11.6. The van der Waals surface area contributed by atoms with Crippen molar-refractivity contribution in [1.82, 2.24) is 0 Å². The molecular formula is C16H10BClO3. The van der Waals surface area contributed by atoms with Gasteiger partial charge < -0.3 is 14.5 Å². The van der Waals surface area contributed by atoms with Gasteiger partial charge in [0.2, 0.25) is 0 Å². The second-order valence-electron chi connectivity index (χ2n) is 5.01. The van der Waals surface area contributed by atoms with Crippen molar-refractivity contribution in [2.24, 2.45) is 0 Å². The molecule has 1 aromatic heterocycles. The van der Waals surface area contributed by atoms with Gasteiger partial charge in [-0.2, -0.15) is 0 Å². The average molecular weight is 297 g/mol. The number of rotatable bonds is 1. The first-order valence-electron chi connectivity index (χ1n) is 6.55. The van der Waals surface area contributed by atoms with Crippen LogP contribution in [0.5, 0.6) is 0 Å². The lowest BCUT2D eigenvalue weighted by molar-refractivity contribution is 0.425. The van der Waals surface area contributed by atoms with E-state index in [0.717, 1.165) is 16.2 Å². The molecule has 3 aromatic carbocycles. The van der Waals surface area contributed by atoms with Crippen molar-refractivity contribution in [2.75, 3.05) is 0 Å². The van der Waals surface area contributed by atoms with Gasteiger partial charge in [-0.25, -0.2) is 0 Å². The number of benzene rings is 3. The molecule has 0 spiro atoms. The van der Waals surface area contributed by atoms with E-state index in [1.807, 2.05) is 36.4 Å². The molecule has 3 nitrogen and oxygen atoms in total. The maximum Gasteiger partial charge on any atom is 0.492 e. The van der Waals surface area contributed by atoms with Crippen LogP contribution in [0.15, 0.2) is 52.9 Å². The molecule has 0 saturated carbocycles. The van der Waals surface area contributed by atoms with Crippen molar-refractivity contribution < 1.29 is 14.5 Å². The lowest BCUT2D eigenvalue weighted by Crippen LogP contribution is -2.30. The first kappa shape index (κ1) is 12.7. The Morgan fingerprint density at radius 2 is 1.67 bits per heavy atom. The van der Waals surface area contributed by atoms with Crippen LogP contribution in [0.3, 0.4) is 0 Å².